The number of halogens is 4. The van der Waals surface area contributed by atoms with Crippen LogP contribution in [0.3, 0.4) is 0 Å². The summed E-state index contributed by atoms with van der Waals surface area (Å²) in [6.45, 7) is 0. The second kappa shape index (κ2) is 4.31. The molecule has 0 aliphatic rings. The van der Waals surface area contributed by atoms with Crippen LogP contribution in [0.25, 0.3) is 0 Å². The lowest BCUT2D eigenvalue weighted by Crippen LogP contribution is -1.87. The van der Waals surface area contributed by atoms with Crippen molar-refractivity contribution in [1.82, 2.24) is 0 Å². The number of rotatable bonds is 1. The maximum Gasteiger partial charge on any atom is 0.148 e. The third kappa shape index (κ3) is 1.97. The van der Waals surface area contributed by atoms with Crippen LogP contribution in [0.4, 0.5) is 0 Å². The number of benzene rings is 1. The van der Waals surface area contributed by atoms with Crippen LogP contribution < -0.4 is 4.74 Å². The number of hydrogen-bond donors (Lipinski definition) is 0. The van der Waals surface area contributed by atoms with E-state index in [1.165, 1.54) is 0 Å². The Hall–Kier alpha value is 0.750. The SMILES string of the molecule is COc1c(Br)cc(Cl)c(Br)c1Br. The van der Waals surface area contributed by atoms with Crippen LogP contribution in [-0.2, 0) is 0 Å². The van der Waals surface area contributed by atoms with Crippen LogP contribution in [0.15, 0.2) is 19.5 Å². The Morgan fingerprint density at radius 2 is 1.83 bits per heavy atom. The molecule has 0 fully saturated rings. The molecule has 0 aromatic heterocycles. The molecule has 0 spiro atoms. The zero-order valence-electron chi connectivity index (χ0n) is 6.00. The molecule has 0 atom stereocenters. The first-order chi connectivity index (χ1) is 5.57. The van der Waals surface area contributed by atoms with E-state index in [1.807, 2.05) is 0 Å². The van der Waals surface area contributed by atoms with E-state index in [4.69, 9.17) is 16.3 Å². The molecule has 0 heterocycles. The molecule has 0 amide bonds. The fourth-order valence-electron chi connectivity index (χ4n) is 0.737. The van der Waals surface area contributed by atoms with Gasteiger partial charge in [-0.25, -0.2) is 0 Å². The molecule has 0 unspecified atom stereocenters. The standard InChI is InChI=1S/C7H4Br3ClO/c1-12-7-3(8)2-4(11)5(9)6(7)10/h2H,1H3. The van der Waals surface area contributed by atoms with Gasteiger partial charge in [-0.3, -0.25) is 0 Å². The summed E-state index contributed by atoms with van der Waals surface area (Å²) in [6, 6.07) is 1.77. The van der Waals surface area contributed by atoms with Gasteiger partial charge in [0, 0.05) is 0 Å². The largest absolute Gasteiger partial charge is 0.494 e. The van der Waals surface area contributed by atoms with Crippen molar-refractivity contribution < 1.29 is 4.74 Å². The van der Waals surface area contributed by atoms with Gasteiger partial charge in [0.05, 0.1) is 25.6 Å². The molecule has 0 saturated heterocycles. The molecule has 12 heavy (non-hydrogen) atoms. The molecule has 0 radical (unpaired) electrons. The fraction of sp³-hybridized carbons (Fsp3) is 0.143. The third-order valence-corrected chi connectivity index (χ3v) is 4.50. The maximum absolute atomic E-state index is 5.89. The quantitative estimate of drug-likeness (QED) is 0.511. The highest BCUT2D eigenvalue weighted by atomic mass is 79.9. The highest BCUT2D eigenvalue weighted by molar-refractivity contribution is 9.13. The highest BCUT2D eigenvalue weighted by Gasteiger charge is 2.12. The van der Waals surface area contributed by atoms with Gasteiger partial charge in [-0.2, -0.15) is 0 Å². The second-order valence-corrected chi connectivity index (χ2v) is 4.85. The Morgan fingerprint density at radius 3 is 2.33 bits per heavy atom. The Labute approximate surface area is 101 Å². The zero-order chi connectivity index (χ0) is 9.30. The van der Waals surface area contributed by atoms with Crippen LogP contribution in [0.1, 0.15) is 0 Å². The van der Waals surface area contributed by atoms with Crippen LogP contribution >= 0.6 is 59.4 Å². The van der Waals surface area contributed by atoms with Crippen molar-refractivity contribution in [2.24, 2.45) is 0 Å². The van der Waals surface area contributed by atoms with E-state index in [-0.39, 0.29) is 0 Å². The molecule has 5 heteroatoms. The lowest BCUT2D eigenvalue weighted by Gasteiger charge is -2.08. The van der Waals surface area contributed by atoms with Gasteiger partial charge >= 0.3 is 0 Å². The first kappa shape index (κ1) is 10.8. The van der Waals surface area contributed by atoms with Crippen molar-refractivity contribution in [2.75, 3.05) is 7.11 Å². The minimum Gasteiger partial charge on any atom is -0.494 e. The minimum absolute atomic E-state index is 0.634. The molecule has 0 bridgehead atoms. The fourth-order valence-corrected chi connectivity index (χ4v) is 2.92. The van der Waals surface area contributed by atoms with E-state index in [0.717, 1.165) is 19.2 Å². The summed E-state index contributed by atoms with van der Waals surface area (Å²) in [6.07, 6.45) is 0. The summed E-state index contributed by atoms with van der Waals surface area (Å²) in [7, 11) is 1.60. The van der Waals surface area contributed by atoms with Gasteiger partial charge in [0.1, 0.15) is 5.75 Å². The Kier molecular flexibility index (Phi) is 3.89. The van der Waals surface area contributed by atoms with Crippen molar-refractivity contribution in [3.63, 3.8) is 0 Å². The molecular formula is C7H4Br3ClO. The molecule has 0 N–H and O–H groups in total. The molecule has 1 rings (SSSR count). The minimum atomic E-state index is 0.634. The van der Waals surface area contributed by atoms with Gasteiger partial charge in [0.15, 0.2) is 0 Å². The third-order valence-electron chi connectivity index (χ3n) is 1.28. The molecule has 1 aromatic carbocycles. The van der Waals surface area contributed by atoms with E-state index < -0.39 is 0 Å². The van der Waals surface area contributed by atoms with E-state index in [2.05, 4.69) is 47.8 Å². The molecule has 0 aliphatic carbocycles. The maximum atomic E-state index is 5.89. The number of methoxy groups -OCH3 is 1. The summed E-state index contributed by atoms with van der Waals surface area (Å²) < 4.78 is 7.56. The summed E-state index contributed by atoms with van der Waals surface area (Å²) >= 11 is 15.9. The second-order valence-electron chi connectivity index (χ2n) is 2.00. The summed E-state index contributed by atoms with van der Waals surface area (Å²) in [5, 5.41) is 0.634. The number of hydrogen-bond acceptors (Lipinski definition) is 1. The van der Waals surface area contributed by atoms with Crippen molar-refractivity contribution >= 4 is 59.4 Å². The van der Waals surface area contributed by atoms with Crippen LogP contribution in [0.5, 0.6) is 5.75 Å². The lowest BCUT2D eigenvalue weighted by atomic mass is 10.3. The van der Waals surface area contributed by atoms with Gasteiger partial charge in [-0.05, 0) is 53.9 Å². The zero-order valence-corrected chi connectivity index (χ0v) is 11.5. The van der Waals surface area contributed by atoms with Crippen molar-refractivity contribution in [1.29, 1.82) is 0 Å². The Balaban J connectivity index is 3.40. The highest BCUT2D eigenvalue weighted by Crippen LogP contribution is 2.42. The van der Waals surface area contributed by atoms with Gasteiger partial charge in [0.25, 0.3) is 0 Å². The molecule has 1 aromatic rings. The van der Waals surface area contributed by atoms with Crippen molar-refractivity contribution in [3.05, 3.63) is 24.5 Å². The van der Waals surface area contributed by atoms with Crippen LogP contribution in [-0.4, -0.2) is 7.11 Å². The predicted molar refractivity (Wildman–Crippen MR) is 61.1 cm³/mol. The van der Waals surface area contributed by atoms with Crippen LogP contribution in [0, 0.1) is 0 Å². The van der Waals surface area contributed by atoms with E-state index in [0.29, 0.717) is 5.02 Å². The van der Waals surface area contributed by atoms with Crippen LogP contribution in [0.2, 0.25) is 5.02 Å². The summed E-state index contributed by atoms with van der Waals surface area (Å²) in [4.78, 5) is 0. The van der Waals surface area contributed by atoms with Gasteiger partial charge < -0.3 is 4.74 Å². The molecule has 0 aliphatic heterocycles. The monoisotopic (exact) mass is 376 g/mol. The van der Waals surface area contributed by atoms with E-state index >= 15 is 0 Å². The predicted octanol–water partition coefficient (Wildman–Crippen LogP) is 4.64. The molecule has 0 saturated carbocycles. The first-order valence-electron chi connectivity index (χ1n) is 2.95. The summed E-state index contributed by atoms with van der Waals surface area (Å²) in [5.74, 6) is 0.728. The van der Waals surface area contributed by atoms with Crippen molar-refractivity contribution in [2.45, 2.75) is 0 Å². The van der Waals surface area contributed by atoms with E-state index in [1.54, 1.807) is 13.2 Å². The average Bonchev–Trinajstić information content (AvgIpc) is 2.01. The van der Waals surface area contributed by atoms with Gasteiger partial charge in [-0.15, -0.1) is 0 Å². The smallest absolute Gasteiger partial charge is 0.148 e. The number of ether oxygens (including phenoxy) is 1. The first-order valence-corrected chi connectivity index (χ1v) is 5.70. The lowest BCUT2D eigenvalue weighted by molar-refractivity contribution is 0.409. The molecular weight excluding hydrogens is 375 g/mol. The summed E-state index contributed by atoms with van der Waals surface area (Å²) in [5.41, 5.74) is 0. The Bertz CT molecular complexity index is 314. The van der Waals surface area contributed by atoms with Crippen molar-refractivity contribution in [3.8, 4) is 5.75 Å². The van der Waals surface area contributed by atoms with Gasteiger partial charge in [0.2, 0.25) is 0 Å². The molecule has 1 nitrogen and oxygen atoms in total. The molecule has 66 valence electrons. The Morgan fingerprint density at radius 1 is 1.25 bits per heavy atom. The normalized spacial score (nSPS) is 10.1. The van der Waals surface area contributed by atoms with E-state index in [9.17, 15) is 0 Å². The van der Waals surface area contributed by atoms with Gasteiger partial charge in [-0.1, -0.05) is 11.6 Å². The topological polar surface area (TPSA) is 9.23 Å². The average molecular weight is 379 g/mol.